The van der Waals surface area contributed by atoms with Gasteiger partial charge in [-0.3, -0.25) is 10.2 Å². The molecule has 1 N–H and O–H groups in total. The summed E-state index contributed by atoms with van der Waals surface area (Å²) in [5.41, 5.74) is 2.94. The van der Waals surface area contributed by atoms with E-state index in [1.165, 1.54) is 60.7 Å². The molecule has 0 heterocycles. The third-order valence-electron chi connectivity index (χ3n) is 3.74. The predicted octanol–water partition coefficient (Wildman–Crippen LogP) is 4.56. The second-order valence-corrected chi connectivity index (χ2v) is 7.99. The van der Waals surface area contributed by atoms with Crippen LogP contribution in [0.2, 0.25) is 5.02 Å². The largest absolute Gasteiger partial charge is 0.286 e. The first-order chi connectivity index (χ1) is 13.4. The Balaban J connectivity index is 2.05. The summed E-state index contributed by atoms with van der Waals surface area (Å²) in [5, 5.41) is 3.56. The van der Waals surface area contributed by atoms with E-state index in [-0.39, 0.29) is 10.5 Å². The quantitative estimate of drug-likeness (QED) is 0.286. The number of rotatable bonds is 5. The van der Waals surface area contributed by atoms with Crippen LogP contribution in [-0.4, -0.2) is 19.2 Å². The van der Waals surface area contributed by atoms with Gasteiger partial charge in [0.25, 0.3) is 0 Å². The maximum absolute atomic E-state index is 13.1. The van der Waals surface area contributed by atoms with Crippen LogP contribution >= 0.6 is 11.6 Å². The number of hydrazone groups is 1. The first kappa shape index (κ1) is 19.7. The molecule has 0 aliphatic rings. The number of nitrogens with one attached hydrogen (secondary N) is 1. The topological polar surface area (TPSA) is 75.6 Å². The zero-order valence-electron chi connectivity index (χ0n) is 14.3. The van der Waals surface area contributed by atoms with Gasteiger partial charge in [-0.25, -0.2) is 12.8 Å². The van der Waals surface area contributed by atoms with Crippen molar-refractivity contribution < 1.29 is 17.6 Å². The van der Waals surface area contributed by atoms with Crippen LogP contribution in [0.3, 0.4) is 0 Å². The lowest BCUT2D eigenvalue weighted by atomic mass is 10.1. The summed E-state index contributed by atoms with van der Waals surface area (Å²) in [7, 11) is -4.21. The van der Waals surface area contributed by atoms with Crippen LogP contribution in [0.4, 0.5) is 10.1 Å². The van der Waals surface area contributed by atoms with Crippen LogP contribution in [0, 0.1) is 5.82 Å². The van der Waals surface area contributed by atoms with E-state index in [9.17, 15) is 17.6 Å². The monoisotopic (exact) mass is 416 g/mol. The zero-order valence-corrected chi connectivity index (χ0v) is 15.9. The molecule has 0 aliphatic heterocycles. The number of sulfone groups is 1. The van der Waals surface area contributed by atoms with Gasteiger partial charge in [0.1, 0.15) is 5.82 Å². The van der Waals surface area contributed by atoms with E-state index in [0.717, 1.165) is 0 Å². The summed E-state index contributed by atoms with van der Waals surface area (Å²) in [5.74, 6) is -1.25. The van der Waals surface area contributed by atoms with Crippen molar-refractivity contribution in [3.05, 3.63) is 95.3 Å². The summed E-state index contributed by atoms with van der Waals surface area (Å²) in [6, 6.07) is 18.4. The van der Waals surface area contributed by atoms with Gasteiger partial charge in [0.2, 0.25) is 20.7 Å². The average molecular weight is 417 g/mol. The predicted molar refractivity (Wildman–Crippen MR) is 107 cm³/mol. The van der Waals surface area contributed by atoms with Crippen LogP contribution < -0.4 is 5.43 Å². The molecule has 5 nitrogen and oxygen atoms in total. The van der Waals surface area contributed by atoms with Gasteiger partial charge in [0.05, 0.1) is 10.6 Å². The lowest BCUT2D eigenvalue weighted by Crippen LogP contribution is -2.26. The third-order valence-corrected chi connectivity index (χ3v) is 5.67. The highest BCUT2D eigenvalue weighted by Gasteiger charge is 2.30. The average Bonchev–Trinajstić information content (AvgIpc) is 2.70. The summed E-state index contributed by atoms with van der Waals surface area (Å²) < 4.78 is 39.1. The van der Waals surface area contributed by atoms with Crippen molar-refractivity contribution in [1.82, 2.24) is 0 Å². The van der Waals surface area contributed by atoms with Crippen molar-refractivity contribution >= 4 is 38.0 Å². The van der Waals surface area contributed by atoms with E-state index in [4.69, 9.17) is 11.6 Å². The number of anilines is 1. The molecule has 8 heteroatoms. The highest BCUT2D eigenvalue weighted by molar-refractivity contribution is 8.08. The van der Waals surface area contributed by atoms with E-state index >= 15 is 0 Å². The molecule has 0 amide bonds. The third kappa shape index (κ3) is 4.44. The minimum atomic E-state index is -4.21. The molecule has 0 spiro atoms. The number of hydrogen-bond acceptors (Lipinski definition) is 5. The van der Waals surface area contributed by atoms with E-state index < -0.39 is 26.5 Å². The molecule has 0 aliphatic carbocycles. The fourth-order valence-electron chi connectivity index (χ4n) is 2.31. The van der Waals surface area contributed by atoms with Gasteiger partial charge >= 0.3 is 0 Å². The number of benzene rings is 3. The Morgan fingerprint density at radius 2 is 1.50 bits per heavy atom. The second kappa shape index (κ2) is 8.33. The van der Waals surface area contributed by atoms with Crippen molar-refractivity contribution in [3.63, 3.8) is 0 Å². The van der Waals surface area contributed by atoms with Crippen LogP contribution in [0.5, 0.6) is 0 Å². The Labute approximate surface area is 166 Å². The van der Waals surface area contributed by atoms with Crippen molar-refractivity contribution in [2.75, 3.05) is 5.43 Å². The molecule has 0 unspecified atom stereocenters. The highest BCUT2D eigenvalue weighted by atomic mass is 35.5. The SMILES string of the molecule is O=C(/C(=N\Nc1ccc(F)cc1)S(=O)(=O)c1ccccc1)c1ccc(Cl)cc1. The van der Waals surface area contributed by atoms with Crippen LogP contribution in [0.25, 0.3) is 0 Å². The summed E-state index contributed by atoms with van der Waals surface area (Å²) >= 11 is 5.83. The zero-order chi connectivity index (χ0) is 20.1. The van der Waals surface area contributed by atoms with Gasteiger partial charge < -0.3 is 0 Å². The molecule has 0 fully saturated rings. The van der Waals surface area contributed by atoms with E-state index in [1.807, 2.05) is 0 Å². The summed E-state index contributed by atoms with van der Waals surface area (Å²) in [6.45, 7) is 0. The van der Waals surface area contributed by atoms with Gasteiger partial charge in [0.15, 0.2) is 0 Å². The Morgan fingerprint density at radius 3 is 2.11 bits per heavy atom. The van der Waals surface area contributed by atoms with Crippen molar-refractivity contribution in [3.8, 4) is 0 Å². The Kier molecular flexibility index (Phi) is 5.87. The van der Waals surface area contributed by atoms with Crippen molar-refractivity contribution in [1.29, 1.82) is 0 Å². The number of halogens is 2. The molecule has 28 heavy (non-hydrogen) atoms. The van der Waals surface area contributed by atoms with Gasteiger partial charge in [-0.05, 0) is 60.7 Å². The second-order valence-electron chi connectivity index (χ2n) is 5.69. The summed E-state index contributed by atoms with van der Waals surface area (Å²) in [4.78, 5) is 12.8. The van der Waals surface area contributed by atoms with Crippen LogP contribution in [-0.2, 0) is 9.84 Å². The normalized spacial score (nSPS) is 11.9. The number of hydrogen-bond donors (Lipinski definition) is 1. The van der Waals surface area contributed by atoms with Gasteiger partial charge in [-0.1, -0.05) is 29.8 Å². The number of Topliss-reactive ketones (excluding diaryl/α,β-unsaturated/α-hetero) is 1. The number of carbonyl (C=O) groups excluding carboxylic acids is 1. The maximum Gasteiger partial charge on any atom is 0.229 e. The Morgan fingerprint density at radius 1 is 0.893 bits per heavy atom. The standard InChI is InChI=1S/C20H14ClFN2O3S/c21-15-8-6-14(7-9-15)19(25)20(24-23-17-12-10-16(22)11-13-17)28(26,27)18-4-2-1-3-5-18/h1-13,23H/b24-20+. The van der Waals surface area contributed by atoms with Gasteiger partial charge in [-0.15, -0.1) is 0 Å². The molecule has 0 saturated heterocycles. The van der Waals surface area contributed by atoms with Gasteiger partial charge in [-0.2, -0.15) is 5.10 Å². The number of ketones is 1. The minimum absolute atomic E-state index is 0.0723. The molecule has 3 aromatic carbocycles. The van der Waals surface area contributed by atoms with E-state index in [0.29, 0.717) is 10.7 Å². The van der Waals surface area contributed by atoms with Gasteiger partial charge in [0, 0.05) is 10.6 Å². The van der Waals surface area contributed by atoms with Crippen LogP contribution in [0.15, 0.2) is 88.9 Å². The first-order valence-corrected chi connectivity index (χ1v) is 9.94. The number of carbonyl (C=O) groups is 1. The maximum atomic E-state index is 13.1. The van der Waals surface area contributed by atoms with Crippen LogP contribution in [0.1, 0.15) is 10.4 Å². The lowest BCUT2D eigenvalue weighted by molar-refractivity contribution is 0.106. The molecule has 0 aromatic heterocycles. The minimum Gasteiger partial charge on any atom is -0.286 e. The Hall–Kier alpha value is -3.03. The molecule has 0 bridgehead atoms. The van der Waals surface area contributed by atoms with E-state index in [2.05, 4.69) is 10.5 Å². The molecule has 0 saturated carbocycles. The molecular weight excluding hydrogens is 403 g/mol. The molecule has 0 radical (unpaired) electrons. The smallest absolute Gasteiger partial charge is 0.229 e. The highest BCUT2D eigenvalue weighted by Crippen LogP contribution is 2.18. The molecule has 142 valence electrons. The lowest BCUT2D eigenvalue weighted by Gasteiger charge is -2.09. The first-order valence-electron chi connectivity index (χ1n) is 8.07. The molecular formula is C20H14ClFN2O3S. The fourth-order valence-corrected chi connectivity index (χ4v) is 3.70. The molecule has 0 atom stereocenters. The molecule has 3 aromatic rings. The fraction of sp³-hybridized carbons (Fsp3) is 0. The Bertz CT molecular complexity index is 1110. The van der Waals surface area contributed by atoms with Crippen molar-refractivity contribution in [2.45, 2.75) is 4.90 Å². The van der Waals surface area contributed by atoms with Crippen molar-refractivity contribution in [2.24, 2.45) is 5.10 Å². The molecule has 3 rings (SSSR count). The summed E-state index contributed by atoms with van der Waals surface area (Å²) in [6.07, 6.45) is 0. The number of nitrogens with zero attached hydrogens (tertiary/aromatic N) is 1. The van der Waals surface area contributed by atoms with E-state index in [1.54, 1.807) is 18.2 Å².